The molecule has 5 heterocycles. The second-order valence-corrected chi connectivity index (χ2v) is 16.2. The maximum absolute atomic E-state index is 13.7. The first-order valence-electron chi connectivity index (χ1n) is 19.0. The van der Waals surface area contributed by atoms with E-state index in [0.29, 0.717) is 13.1 Å². The van der Waals surface area contributed by atoms with Gasteiger partial charge in [-0.15, -0.1) is 11.3 Å². The van der Waals surface area contributed by atoms with Gasteiger partial charge in [0.25, 0.3) is 0 Å². The molecule has 2 aliphatic heterocycles. The number of carbonyl (C=O) groups excluding carboxylic acids is 4. The summed E-state index contributed by atoms with van der Waals surface area (Å²) in [6, 6.07) is 15.4. The molecule has 2 aromatic carbocycles. The summed E-state index contributed by atoms with van der Waals surface area (Å²) < 4.78 is 9.56. The van der Waals surface area contributed by atoms with Crippen LogP contribution in [0, 0.1) is 11.8 Å². The van der Waals surface area contributed by atoms with Gasteiger partial charge in [-0.25, -0.2) is 14.6 Å². The minimum atomic E-state index is -0.686. The van der Waals surface area contributed by atoms with Gasteiger partial charge in [0, 0.05) is 34.4 Å². The molecule has 2 saturated heterocycles. The van der Waals surface area contributed by atoms with E-state index in [0.717, 1.165) is 79.9 Å². The van der Waals surface area contributed by atoms with Crippen molar-refractivity contribution >= 4 is 57.0 Å². The minimum absolute atomic E-state index is 0.0907. The van der Waals surface area contributed by atoms with Gasteiger partial charge >= 0.3 is 12.2 Å². The number of aromatic amines is 2. The number of H-pyrrole nitrogens is 2. The maximum Gasteiger partial charge on any atom is 0.407 e. The van der Waals surface area contributed by atoms with Gasteiger partial charge in [0.1, 0.15) is 17.9 Å². The van der Waals surface area contributed by atoms with Crippen LogP contribution in [0.25, 0.3) is 42.7 Å². The fourth-order valence-electron chi connectivity index (χ4n) is 7.98. The highest BCUT2D eigenvalue weighted by atomic mass is 32.1. The predicted molar refractivity (Wildman–Crippen MR) is 212 cm³/mol. The van der Waals surface area contributed by atoms with Gasteiger partial charge in [0.2, 0.25) is 11.8 Å². The number of aromatic nitrogens is 3. The molecule has 4 amide bonds. The van der Waals surface area contributed by atoms with Crippen molar-refractivity contribution in [3.05, 3.63) is 66.2 Å². The molecule has 4 N–H and O–H groups in total. The van der Waals surface area contributed by atoms with Gasteiger partial charge in [-0.1, -0.05) is 52.0 Å². The molecule has 290 valence electrons. The van der Waals surface area contributed by atoms with Crippen molar-refractivity contribution in [2.24, 2.45) is 11.8 Å². The zero-order chi connectivity index (χ0) is 39.0. The second kappa shape index (κ2) is 15.8. The zero-order valence-corrected chi connectivity index (χ0v) is 32.9. The molecule has 0 saturated carbocycles. The summed E-state index contributed by atoms with van der Waals surface area (Å²) in [5.41, 5.74) is 4.01. The van der Waals surface area contributed by atoms with Gasteiger partial charge in [-0.3, -0.25) is 9.59 Å². The zero-order valence-electron chi connectivity index (χ0n) is 32.1. The number of likely N-dealkylation sites (tertiary alicyclic amines) is 2. The van der Waals surface area contributed by atoms with E-state index in [1.54, 1.807) is 11.3 Å². The lowest BCUT2D eigenvalue weighted by molar-refractivity contribution is -0.136. The third-order valence-electron chi connectivity index (χ3n) is 10.9. The van der Waals surface area contributed by atoms with Crippen LogP contribution in [-0.2, 0) is 19.1 Å². The van der Waals surface area contributed by atoms with Gasteiger partial charge in [0.05, 0.1) is 48.6 Å². The van der Waals surface area contributed by atoms with Gasteiger partial charge in [-0.05, 0) is 72.7 Å². The van der Waals surface area contributed by atoms with Crippen molar-refractivity contribution in [2.45, 2.75) is 77.5 Å². The molecular formula is C41H49N7O6S. The minimum Gasteiger partial charge on any atom is -0.453 e. The van der Waals surface area contributed by atoms with Crippen LogP contribution >= 0.6 is 11.3 Å². The Kier molecular flexibility index (Phi) is 10.9. The number of imidazole rings is 1. The number of amides is 4. The molecule has 0 radical (unpaired) electrons. The Morgan fingerprint density at radius 3 is 2.00 bits per heavy atom. The van der Waals surface area contributed by atoms with Gasteiger partial charge in [0.15, 0.2) is 0 Å². The number of methoxy groups -OCH3 is 2. The topological polar surface area (TPSA) is 162 Å². The van der Waals surface area contributed by atoms with E-state index in [9.17, 15) is 19.2 Å². The van der Waals surface area contributed by atoms with Crippen LogP contribution in [0.1, 0.15) is 77.0 Å². The van der Waals surface area contributed by atoms with Crippen LogP contribution in [0.5, 0.6) is 0 Å². The Balaban J connectivity index is 1.09. The van der Waals surface area contributed by atoms with E-state index < -0.39 is 24.3 Å². The number of fused-ring (bicyclic) bond motifs is 3. The van der Waals surface area contributed by atoms with E-state index in [1.165, 1.54) is 14.2 Å². The van der Waals surface area contributed by atoms with Crippen LogP contribution in [0.15, 0.2) is 54.7 Å². The Morgan fingerprint density at radius 2 is 1.36 bits per heavy atom. The summed E-state index contributed by atoms with van der Waals surface area (Å²) in [5.74, 6) is 0.307. The molecule has 55 heavy (non-hydrogen) atoms. The number of hydrogen-bond acceptors (Lipinski definition) is 8. The highest BCUT2D eigenvalue weighted by Crippen LogP contribution is 2.40. The summed E-state index contributed by atoms with van der Waals surface area (Å²) in [6.45, 7) is 8.88. The van der Waals surface area contributed by atoms with Crippen molar-refractivity contribution in [1.82, 2.24) is 35.4 Å². The molecule has 13 nitrogen and oxygen atoms in total. The highest BCUT2D eigenvalue weighted by molar-refractivity contribution is 7.18. The molecule has 14 heteroatoms. The maximum atomic E-state index is 13.7. The molecule has 2 aliphatic rings. The number of ether oxygens (including phenoxy) is 2. The summed E-state index contributed by atoms with van der Waals surface area (Å²) >= 11 is 1.67. The van der Waals surface area contributed by atoms with Gasteiger partial charge < -0.3 is 39.9 Å². The standard InChI is InChI=1S/C41H49N7O6S/c1-22(2)34(45-40(51)53-5)38(49)47-17-7-9-30(47)28-20-26-12-11-24-19-25(13-14-27(24)36(26)43-28)32-15-16-33(55-32)29-21-42-37(44-29)31-10-8-18-48(31)39(50)35(23(3)4)46-41(52)54-6/h11-16,19-23,30-31,34-35,43H,7-10,17-18H2,1-6H3,(H,42,44)(H,45,51)(H,46,52)/t30-,31-,34-,35-/m0/s1. The van der Waals surface area contributed by atoms with Crippen molar-refractivity contribution in [3.8, 4) is 21.0 Å². The highest BCUT2D eigenvalue weighted by Gasteiger charge is 2.38. The van der Waals surface area contributed by atoms with Crippen LogP contribution in [0.2, 0.25) is 0 Å². The number of rotatable bonds is 10. The lowest BCUT2D eigenvalue weighted by atomic mass is 10.0. The number of nitrogens with one attached hydrogen (secondary N) is 4. The van der Waals surface area contributed by atoms with Gasteiger partial charge in [-0.2, -0.15) is 0 Å². The van der Waals surface area contributed by atoms with Crippen molar-refractivity contribution in [3.63, 3.8) is 0 Å². The molecule has 5 aromatic rings. The molecule has 0 spiro atoms. The first-order chi connectivity index (χ1) is 26.5. The number of thiophene rings is 1. The molecule has 0 aliphatic carbocycles. The third kappa shape index (κ3) is 7.51. The molecule has 2 fully saturated rings. The smallest absolute Gasteiger partial charge is 0.407 e. The number of carbonyl (C=O) groups is 4. The first kappa shape index (κ1) is 37.9. The van der Waals surface area contributed by atoms with E-state index in [4.69, 9.17) is 14.5 Å². The second-order valence-electron chi connectivity index (χ2n) is 15.1. The van der Waals surface area contributed by atoms with E-state index in [2.05, 4.69) is 69.1 Å². The predicted octanol–water partition coefficient (Wildman–Crippen LogP) is 7.53. The van der Waals surface area contributed by atoms with Crippen molar-refractivity contribution in [2.75, 3.05) is 27.3 Å². The van der Waals surface area contributed by atoms with Crippen LogP contribution in [0.4, 0.5) is 9.59 Å². The fraction of sp³-hybridized carbons (Fsp3) is 0.439. The summed E-state index contributed by atoms with van der Waals surface area (Å²) in [6.07, 6.45) is 3.96. The molecule has 7 rings (SSSR count). The normalized spacial score (nSPS) is 18.3. The van der Waals surface area contributed by atoms with Crippen molar-refractivity contribution in [1.29, 1.82) is 0 Å². The van der Waals surface area contributed by atoms with Crippen LogP contribution in [-0.4, -0.2) is 88.1 Å². The molecule has 0 unspecified atom stereocenters. The van der Waals surface area contributed by atoms with Crippen LogP contribution in [0.3, 0.4) is 0 Å². The van der Waals surface area contributed by atoms with Crippen LogP contribution < -0.4 is 10.6 Å². The first-order valence-corrected chi connectivity index (χ1v) is 19.8. The largest absolute Gasteiger partial charge is 0.453 e. The summed E-state index contributed by atoms with van der Waals surface area (Å²) in [4.78, 5) is 69.0. The van der Waals surface area contributed by atoms with E-state index in [1.807, 2.05) is 43.7 Å². The Morgan fingerprint density at radius 1 is 0.764 bits per heavy atom. The number of hydrogen-bond donors (Lipinski definition) is 4. The average molecular weight is 768 g/mol. The average Bonchev–Trinajstić information content (AvgIpc) is 4.03. The Hall–Kier alpha value is -5.37. The fourth-order valence-corrected chi connectivity index (χ4v) is 8.95. The van der Waals surface area contributed by atoms with E-state index in [-0.39, 0.29) is 35.7 Å². The molecule has 0 bridgehead atoms. The lowest BCUT2D eigenvalue weighted by Crippen LogP contribution is -2.51. The molecule has 3 aromatic heterocycles. The Labute approximate surface area is 324 Å². The quantitative estimate of drug-likeness (QED) is 0.114. The molecular weight excluding hydrogens is 719 g/mol. The molecule has 4 atom stereocenters. The number of benzene rings is 2. The monoisotopic (exact) mass is 767 g/mol. The number of nitrogens with zero attached hydrogens (tertiary/aromatic N) is 3. The van der Waals surface area contributed by atoms with Crippen molar-refractivity contribution < 1.29 is 28.7 Å². The Bertz CT molecular complexity index is 2220. The lowest BCUT2D eigenvalue weighted by Gasteiger charge is -2.30. The SMILES string of the molecule is COC(=O)N[C@H](C(=O)N1CCC[C@H]1c1cc2ccc3cc(-c4ccc(-c5cnc([C@@H]6CCCN6C(=O)[C@@H](NC(=O)OC)C(C)C)[nH]5)s4)ccc3c2[nH]1)C(C)C. The number of alkyl carbamates (subject to hydrolysis) is 2. The van der Waals surface area contributed by atoms with E-state index >= 15 is 0 Å². The summed E-state index contributed by atoms with van der Waals surface area (Å²) in [7, 11) is 2.60. The summed E-state index contributed by atoms with van der Waals surface area (Å²) in [5, 5.41) is 8.72. The third-order valence-corrected chi connectivity index (χ3v) is 12.1.